The van der Waals surface area contributed by atoms with E-state index in [0.29, 0.717) is 18.9 Å². The Bertz CT molecular complexity index is 396. The summed E-state index contributed by atoms with van der Waals surface area (Å²) in [5.74, 6) is 1.45. The van der Waals surface area contributed by atoms with Gasteiger partial charge < -0.3 is 20.2 Å². The second-order valence-electron chi connectivity index (χ2n) is 4.96. The number of aryl methyl sites for hydroxylation is 2. The molecule has 0 radical (unpaired) electrons. The molecule has 6 heteroatoms. The van der Waals surface area contributed by atoms with E-state index in [2.05, 4.69) is 15.6 Å². The molecule has 0 aliphatic rings. The van der Waals surface area contributed by atoms with Crippen LogP contribution in [0, 0.1) is 19.8 Å². The third-order valence-corrected chi connectivity index (χ3v) is 2.97. The van der Waals surface area contributed by atoms with Crippen LogP contribution >= 0.6 is 0 Å². The van der Waals surface area contributed by atoms with Gasteiger partial charge in [-0.05, 0) is 26.2 Å². The number of aliphatic hydroxyl groups excluding tert-OH is 1. The molecular weight excluding hydrogens is 246 g/mol. The molecule has 1 aromatic rings. The Balaban J connectivity index is 2.21. The van der Waals surface area contributed by atoms with Crippen LogP contribution in [0.2, 0.25) is 0 Å². The molecule has 0 bridgehead atoms. The highest BCUT2D eigenvalue weighted by Crippen LogP contribution is 2.07. The highest BCUT2D eigenvalue weighted by molar-refractivity contribution is 5.73. The largest absolute Gasteiger partial charge is 0.444 e. The van der Waals surface area contributed by atoms with Gasteiger partial charge in [0, 0.05) is 6.54 Å². The van der Waals surface area contributed by atoms with Crippen molar-refractivity contribution in [2.24, 2.45) is 5.92 Å². The van der Waals surface area contributed by atoms with Crippen LogP contribution in [-0.2, 0) is 6.54 Å². The molecule has 0 saturated carbocycles. The monoisotopic (exact) mass is 269 g/mol. The number of aliphatic hydroxyl groups is 1. The van der Waals surface area contributed by atoms with Gasteiger partial charge in [-0.25, -0.2) is 9.78 Å². The van der Waals surface area contributed by atoms with Gasteiger partial charge in [-0.3, -0.25) is 0 Å². The Kier molecular flexibility index (Phi) is 5.82. The first kappa shape index (κ1) is 15.5. The molecule has 0 spiro atoms. The molecule has 1 heterocycles. The summed E-state index contributed by atoms with van der Waals surface area (Å²) in [6.45, 7) is 8.27. The molecule has 1 unspecified atom stereocenters. The average molecular weight is 269 g/mol. The van der Waals surface area contributed by atoms with Crippen LogP contribution in [-0.4, -0.2) is 28.8 Å². The molecule has 0 fully saturated rings. The fraction of sp³-hybridized carbons (Fsp3) is 0.692. The van der Waals surface area contributed by atoms with Crippen LogP contribution in [0.4, 0.5) is 4.79 Å². The summed E-state index contributed by atoms with van der Waals surface area (Å²) in [4.78, 5) is 15.7. The number of hydrogen-bond donors (Lipinski definition) is 3. The normalized spacial score (nSPS) is 12.5. The molecule has 0 aliphatic carbocycles. The molecule has 1 rings (SSSR count). The van der Waals surface area contributed by atoms with E-state index in [0.717, 1.165) is 11.5 Å². The fourth-order valence-corrected chi connectivity index (χ4v) is 1.50. The topological polar surface area (TPSA) is 87.4 Å². The number of aromatic nitrogens is 1. The number of urea groups is 1. The Morgan fingerprint density at radius 3 is 2.58 bits per heavy atom. The quantitative estimate of drug-likeness (QED) is 0.730. The Labute approximate surface area is 113 Å². The minimum Gasteiger partial charge on any atom is -0.444 e. The van der Waals surface area contributed by atoms with Gasteiger partial charge in [-0.2, -0.15) is 0 Å². The molecular formula is C13H23N3O3. The van der Waals surface area contributed by atoms with Gasteiger partial charge in [0.15, 0.2) is 0 Å². The van der Waals surface area contributed by atoms with Crippen molar-refractivity contribution >= 4 is 6.03 Å². The summed E-state index contributed by atoms with van der Waals surface area (Å²) >= 11 is 0. The fourth-order valence-electron chi connectivity index (χ4n) is 1.50. The summed E-state index contributed by atoms with van der Waals surface area (Å²) in [5.41, 5.74) is 0.831. The lowest BCUT2D eigenvalue weighted by molar-refractivity contribution is 0.116. The number of carbonyl (C=O) groups is 1. The van der Waals surface area contributed by atoms with Crippen LogP contribution in [0.3, 0.4) is 0 Å². The number of carbonyl (C=O) groups excluding carboxylic acids is 1. The first-order valence-corrected chi connectivity index (χ1v) is 6.52. The number of nitrogens with zero attached hydrogens (tertiary/aromatic N) is 1. The van der Waals surface area contributed by atoms with Crippen LogP contribution < -0.4 is 10.6 Å². The average Bonchev–Trinajstić information content (AvgIpc) is 2.66. The summed E-state index contributed by atoms with van der Waals surface area (Å²) in [7, 11) is 0. The van der Waals surface area contributed by atoms with Crippen LogP contribution in [0.5, 0.6) is 0 Å². The van der Waals surface area contributed by atoms with Gasteiger partial charge in [0.1, 0.15) is 5.76 Å². The summed E-state index contributed by atoms with van der Waals surface area (Å²) in [5, 5.41) is 14.9. The van der Waals surface area contributed by atoms with Gasteiger partial charge in [-0.15, -0.1) is 0 Å². The standard InChI is InChI=1S/C13H23N3O3/c1-8(2)11(17)5-6-14-13(18)15-7-12-16-9(3)10(4)19-12/h8,11,17H,5-7H2,1-4H3,(H2,14,15,18). The van der Waals surface area contributed by atoms with Gasteiger partial charge >= 0.3 is 6.03 Å². The molecule has 0 aliphatic heterocycles. The van der Waals surface area contributed by atoms with E-state index in [4.69, 9.17) is 4.42 Å². The van der Waals surface area contributed by atoms with Gasteiger partial charge in [-0.1, -0.05) is 13.8 Å². The zero-order valence-electron chi connectivity index (χ0n) is 12.0. The highest BCUT2D eigenvalue weighted by atomic mass is 16.4. The smallest absolute Gasteiger partial charge is 0.315 e. The third kappa shape index (κ3) is 5.30. The van der Waals surface area contributed by atoms with Crippen molar-refractivity contribution in [3.8, 4) is 0 Å². The van der Waals surface area contributed by atoms with Crippen molar-refractivity contribution < 1.29 is 14.3 Å². The van der Waals surface area contributed by atoms with E-state index in [1.165, 1.54) is 0 Å². The molecule has 1 atom stereocenters. The van der Waals surface area contributed by atoms with E-state index < -0.39 is 6.10 Å². The number of nitrogens with one attached hydrogen (secondary N) is 2. The SMILES string of the molecule is Cc1nc(CNC(=O)NCCC(O)C(C)C)oc1C. The number of hydrogen-bond acceptors (Lipinski definition) is 4. The maximum absolute atomic E-state index is 11.5. The van der Waals surface area contributed by atoms with E-state index in [-0.39, 0.29) is 18.5 Å². The van der Waals surface area contributed by atoms with Gasteiger partial charge in [0.05, 0.1) is 18.3 Å². The van der Waals surface area contributed by atoms with Crippen molar-refractivity contribution in [2.45, 2.75) is 46.8 Å². The first-order chi connectivity index (χ1) is 8.90. The summed E-state index contributed by atoms with van der Waals surface area (Å²) in [6, 6.07) is -0.288. The minimum atomic E-state index is -0.391. The lowest BCUT2D eigenvalue weighted by Gasteiger charge is -2.14. The second kappa shape index (κ2) is 7.13. The van der Waals surface area contributed by atoms with Crippen molar-refractivity contribution in [1.82, 2.24) is 15.6 Å². The van der Waals surface area contributed by atoms with E-state index in [1.807, 2.05) is 27.7 Å². The van der Waals surface area contributed by atoms with E-state index >= 15 is 0 Å². The Morgan fingerprint density at radius 1 is 1.37 bits per heavy atom. The van der Waals surface area contributed by atoms with E-state index in [9.17, 15) is 9.90 Å². The van der Waals surface area contributed by atoms with E-state index in [1.54, 1.807) is 0 Å². The summed E-state index contributed by atoms with van der Waals surface area (Å²) in [6.07, 6.45) is 0.153. The predicted molar refractivity (Wildman–Crippen MR) is 71.7 cm³/mol. The van der Waals surface area contributed by atoms with Crippen molar-refractivity contribution in [2.75, 3.05) is 6.54 Å². The third-order valence-electron chi connectivity index (χ3n) is 2.97. The predicted octanol–water partition coefficient (Wildman–Crippen LogP) is 1.50. The molecule has 108 valence electrons. The van der Waals surface area contributed by atoms with Crippen LogP contribution in [0.1, 0.15) is 37.6 Å². The number of oxazole rings is 1. The maximum atomic E-state index is 11.5. The molecule has 3 N–H and O–H groups in total. The lowest BCUT2D eigenvalue weighted by atomic mass is 10.0. The maximum Gasteiger partial charge on any atom is 0.315 e. The molecule has 2 amide bonds. The second-order valence-corrected chi connectivity index (χ2v) is 4.96. The van der Waals surface area contributed by atoms with Crippen molar-refractivity contribution in [1.29, 1.82) is 0 Å². The zero-order valence-corrected chi connectivity index (χ0v) is 12.0. The molecule has 6 nitrogen and oxygen atoms in total. The van der Waals surface area contributed by atoms with Gasteiger partial charge in [0.2, 0.25) is 5.89 Å². The first-order valence-electron chi connectivity index (χ1n) is 6.52. The van der Waals surface area contributed by atoms with Gasteiger partial charge in [0.25, 0.3) is 0 Å². The minimum absolute atomic E-state index is 0.197. The molecule has 0 aromatic carbocycles. The Hall–Kier alpha value is -1.56. The summed E-state index contributed by atoms with van der Waals surface area (Å²) < 4.78 is 5.35. The molecule has 1 aromatic heterocycles. The van der Waals surface area contributed by atoms with Crippen LogP contribution in [0.25, 0.3) is 0 Å². The molecule has 19 heavy (non-hydrogen) atoms. The number of amides is 2. The highest BCUT2D eigenvalue weighted by Gasteiger charge is 2.10. The van der Waals surface area contributed by atoms with Crippen molar-refractivity contribution in [3.63, 3.8) is 0 Å². The van der Waals surface area contributed by atoms with Crippen molar-refractivity contribution in [3.05, 3.63) is 17.3 Å². The Morgan fingerprint density at radius 2 is 2.05 bits per heavy atom. The zero-order chi connectivity index (χ0) is 14.4. The molecule has 0 saturated heterocycles. The van der Waals surface area contributed by atoms with Crippen LogP contribution in [0.15, 0.2) is 4.42 Å². The lowest BCUT2D eigenvalue weighted by Crippen LogP contribution is -2.37. The number of rotatable bonds is 6.